The number of hydrogen-bond donors (Lipinski definition) is 1. The fraction of sp³-hybridized carbons (Fsp3) is 0.353. The van der Waals surface area contributed by atoms with Crippen molar-refractivity contribution >= 4 is 34.5 Å². The Morgan fingerprint density at radius 3 is 2.43 bits per heavy atom. The smallest absolute Gasteiger partial charge is 0.246 e. The molecule has 12 nitrogen and oxygen atoms in total. The number of rotatable bonds is 15. The van der Waals surface area contributed by atoms with E-state index in [0.717, 1.165) is 157 Å². The number of aliphatic imine (C=N–C) groups is 1. The molecule has 63 heavy (non-hydrogen) atoms. The van der Waals surface area contributed by atoms with Crippen LogP contribution in [0.25, 0.3) is 5.70 Å². The van der Waals surface area contributed by atoms with E-state index in [2.05, 4.69) is 105 Å². The summed E-state index contributed by atoms with van der Waals surface area (Å²) in [5.74, 6) is 4.15. The minimum Gasteiger partial charge on any atom is -0.489 e. The number of nitrogens with one attached hydrogen (secondary N) is 1. The first-order valence-corrected chi connectivity index (χ1v) is 22.4. The molecule has 5 aromatic rings. The van der Waals surface area contributed by atoms with Gasteiger partial charge in [0.1, 0.15) is 42.4 Å². The molecule has 1 saturated heterocycles. The Hall–Kier alpha value is -6.69. The summed E-state index contributed by atoms with van der Waals surface area (Å²) in [5.41, 5.74) is 8.38. The van der Waals surface area contributed by atoms with Crippen LogP contribution in [-0.2, 0) is 17.8 Å². The zero-order chi connectivity index (χ0) is 43.1. The number of amides is 1. The number of likely N-dealkylation sites (N-methyl/N-ethyl adjacent to an activating group) is 1. The maximum Gasteiger partial charge on any atom is 0.246 e. The molecule has 4 aromatic carbocycles. The number of hydrogen-bond acceptors (Lipinski definition) is 10. The Labute approximate surface area is 369 Å². The standard InChI is InChI=1S/C51H56N8O4/c1-4-56-25-27-61-48-30-42-46(32-44(48)56)63-47-33-45-49(31-43(47)55-42)62-28-26-58(45)20-12-6-9-17-51(60)54-35-38-18-19-50(53-34-38)59-23-21-57(22-24-59)36(2)39-15-10-11-16-40(39)41(52-3)29-37-13-7-5-8-14-37/h5,7-8,10-11,13-16,18-19,30-34H,2,4,6,9,12,17,20-29,35H2,1,3H3/p+1. The Morgan fingerprint density at radius 2 is 1.63 bits per heavy atom. The molecule has 0 saturated carbocycles. The lowest BCUT2D eigenvalue weighted by molar-refractivity contribution is -0.121. The predicted molar refractivity (Wildman–Crippen MR) is 250 cm³/mol. The fourth-order valence-corrected chi connectivity index (χ4v) is 8.93. The maximum absolute atomic E-state index is 12.8. The summed E-state index contributed by atoms with van der Waals surface area (Å²) in [4.78, 5) is 34.2. The van der Waals surface area contributed by atoms with Crippen molar-refractivity contribution in [2.75, 3.05) is 82.4 Å². The summed E-state index contributed by atoms with van der Waals surface area (Å²) in [7, 11) is 1.87. The summed E-state index contributed by atoms with van der Waals surface area (Å²) in [5, 5.41) is 4.88. The molecule has 5 heterocycles. The first-order valence-electron chi connectivity index (χ1n) is 22.4. The molecule has 12 heteroatoms. The highest BCUT2D eigenvalue weighted by Crippen LogP contribution is 2.44. The second-order valence-corrected chi connectivity index (χ2v) is 16.5. The fourth-order valence-electron chi connectivity index (χ4n) is 8.93. The van der Waals surface area contributed by atoms with Crippen LogP contribution in [0, 0.1) is 0 Å². The van der Waals surface area contributed by atoms with E-state index in [9.17, 15) is 4.79 Å². The number of pyridine rings is 1. The van der Waals surface area contributed by atoms with E-state index in [-0.39, 0.29) is 5.91 Å². The second-order valence-electron chi connectivity index (χ2n) is 16.5. The molecule has 324 valence electrons. The quantitative estimate of drug-likeness (QED) is 0.0704. The van der Waals surface area contributed by atoms with Crippen LogP contribution in [0.1, 0.15) is 54.9 Å². The number of fused-ring (bicyclic) bond motifs is 4. The Kier molecular flexibility index (Phi) is 12.7. The van der Waals surface area contributed by atoms with E-state index in [1.165, 1.54) is 5.56 Å². The summed E-state index contributed by atoms with van der Waals surface area (Å²) >= 11 is 0. The number of aromatic nitrogens is 1. The first kappa shape index (κ1) is 41.7. The Balaban J connectivity index is 0.720. The average Bonchev–Trinajstić information content (AvgIpc) is 3.33. The zero-order valence-corrected chi connectivity index (χ0v) is 36.5. The van der Waals surface area contributed by atoms with Crippen LogP contribution >= 0.6 is 0 Å². The lowest BCUT2D eigenvalue weighted by Gasteiger charge is -2.38. The number of ether oxygens (including phenoxy) is 3. The molecule has 0 atom stereocenters. The predicted octanol–water partition coefficient (Wildman–Crippen LogP) is 6.57. The van der Waals surface area contributed by atoms with Crippen molar-refractivity contribution < 1.29 is 19.0 Å². The van der Waals surface area contributed by atoms with Crippen molar-refractivity contribution in [2.45, 2.75) is 45.6 Å². The molecular weight excluding hydrogens is 789 g/mol. The van der Waals surface area contributed by atoms with E-state index < -0.39 is 0 Å². The molecule has 1 aromatic heterocycles. The van der Waals surface area contributed by atoms with Crippen molar-refractivity contribution in [3.63, 3.8) is 0 Å². The highest BCUT2D eigenvalue weighted by atomic mass is 16.5. The molecule has 4 aliphatic rings. The SMILES string of the molecule is C=C(c1ccccc1C(Cc1ccccc1)=NC)N1CCN(c2ccc(CNC(=O)CCCCC[N+]3=c4cc5c(cc4OCC3)=Nc3cc4c(cc3O5)N(CC)CCO4)cn2)CC1. The van der Waals surface area contributed by atoms with Crippen LogP contribution in [0.3, 0.4) is 0 Å². The highest BCUT2D eigenvalue weighted by Gasteiger charge is 2.26. The Morgan fingerprint density at radius 1 is 0.825 bits per heavy atom. The van der Waals surface area contributed by atoms with Gasteiger partial charge in [0.2, 0.25) is 11.3 Å². The van der Waals surface area contributed by atoms with E-state index in [0.29, 0.717) is 26.2 Å². The summed E-state index contributed by atoms with van der Waals surface area (Å²) in [6.45, 7) is 15.3. The van der Waals surface area contributed by atoms with E-state index in [1.807, 2.05) is 37.5 Å². The molecule has 1 amide bonds. The first-order chi connectivity index (χ1) is 30.9. The van der Waals surface area contributed by atoms with Crippen molar-refractivity contribution in [1.29, 1.82) is 0 Å². The molecule has 0 unspecified atom stereocenters. The minimum absolute atomic E-state index is 0.0637. The molecule has 0 radical (unpaired) electrons. The van der Waals surface area contributed by atoms with Gasteiger partial charge in [-0.1, -0.05) is 67.2 Å². The van der Waals surface area contributed by atoms with Gasteiger partial charge in [-0.25, -0.2) is 14.6 Å². The molecule has 1 fully saturated rings. The molecule has 0 spiro atoms. The van der Waals surface area contributed by atoms with E-state index in [1.54, 1.807) is 0 Å². The van der Waals surface area contributed by atoms with E-state index in [4.69, 9.17) is 29.2 Å². The molecule has 9 rings (SSSR count). The third kappa shape index (κ3) is 9.40. The Bertz CT molecular complexity index is 2620. The van der Waals surface area contributed by atoms with Gasteiger partial charge in [-0.15, -0.1) is 0 Å². The third-order valence-electron chi connectivity index (χ3n) is 12.5. The average molecular weight is 846 g/mol. The molecule has 1 N–H and O–H groups in total. The number of carbonyl (C=O) groups excluding carboxylic acids is 1. The molecule has 0 bridgehead atoms. The van der Waals surface area contributed by atoms with Gasteiger partial charge in [0.05, 0.1) is 18.3 Å². The van der Waals surface area contributed by atoms with Crippen LogP contribution in [0.2, 0.25) is 0 Å². The van der Waals surface area contributed by atoms with Gasteiger partial charge in [-0.3, -0.25) is 9.79 Å². The lowest BCUT2D eigenvalue weighted by Crippen LogP contribution is -2.45. The lowest BCUT2D eigenvalue weighted by atomic mass is 9.95. The topological polar surface area (TPSA) is 107 Å². The summed E-state index contributed by atoms with van der Waals surface area (Å²) in [6, 6.07) is 31.2. The highest BCUT2D eigenvalue weighted by molar-refractivity contribution is 6.05. The molecule has 4 aliphatic heterocycles. The van der Waals surface area contributed by atoms with Crippen LogP contribution in [-0.4, -0.2) is 94.1 Å². The summed E-state index contributed by atoms with van der Waals surface area (Å²) < 4.78 is 20.8. The van der Waals surface area contributed by atoms with Crippen molar-refractivity contribution in [1.82, 2.24) is 19.8 Å². The number of anilines is 2. The largest absolute Gasteiger partial charge is 0.489 e. The van der Waals surface area contributed by atoms with Gasteiger partial charge in [-0.2, -0.15) is 0 Å². The van der Waals surface area contributed by atoms with E-state index >= 15 is 0 Å². The molecular formula is C51H57N8O4+. The zero-order valence-electron chi connectivity index (χ0n) is 36.5. The van der Waals surface area contributed by atoms with Gasteiger partial charge < -0.3 is 34.2 Å². The minimum atomic E-state index is 0.0637. The van der Waals surface area contributed by atoms with Crippen LogP contribution in [0.15, 0.2) is 114 Å². The molecule has 0 aliphatic carbocycles. The van der Waals surface area contributed by atoms with Crippen molar-refractivity contribution in [2.24, 2.45) is 9.98 Å². The normalized spacial score (nSPS) is 15.4. The number of benzene rings is 4. The third-order valence-corrected chi connectivity index (χ3v) is 12.5. The number of carbonyl (C=O) groups is 1. The van der Waals surface area contributed by atoms with Gasteiger partial charge in [0, 0.05) is 113 Å². The van der Waals surface area contributed by atoms with Gasteiger partial charge >= 0.3 is 0 Å². The van der Waals surface area contributed by atoms with Crippen LogP contribution in [0.4, 0.5) is 17.2 Å². The maximum atomic E-state index is 12.8. The van der Waals surface area contributed by atoms with Gasteiger partial charge in [0.15, 0.2) is 23.8 Å². The van der Waals surface area contributed by atoms with Crippen LogP contribution in [0.5, 0.6) is 23.0 Å². The monoisotopic (exact) mass is 845 g/mol. The number of unbranched alkanes of at least 4 members (excludes halogenated alkanes) is 2. The summed E-state index contributed by atoms with van der Waals surface area (Å²) in [6.07, 6.45) is 5.91. The second kappa shape index (κ2) is 19.1. The van der Waals surface area contributed by atoms with Crippen molar-refractivity contribution in [3.05, 3.63) is 137 Å². The number of piperazine rings is 1. The van der Waals surface area contributed by atoms with Crippen LogP contribution < -0.4 is 44.6 Å². The van der Waals surface area contributed by atoms with Crippen molar-refractivity contribution in [3.8, 4) is 23.0 Å². The van der Waals surface area contributed by atoms with Gasteiger partial charge in [-0.05, 0) is 37.0 Å². The number of nitrogens with zero attached hydrogens (tertiary/aromatic N) is 7. The van der Waals surface area contributed by atoms with Gasteiger partial charge in [0.25, 0.3) is 0 Å².